The Morgan fingerprint density at radius 2 is 1.75 bits per heavy atom. The Labute approximate surface area is 157 Å². The summed E-state index contributed by atoms with van der Waals surface area (Å²) >= 11 is 0. The number of hydrogen-bond acceptors (Lipinski definition) is 5. The Bertz CT molecular complexity index is 940. The molecule has 0 saturated carbocycles. The molecular weight excluding hydrogens is 377 g/mol. The van der Waals surface area contributed by atoms with Gasteiger partial charge >= 0.3 is 6.36 Å². The highest BCUT2D eigenvalue weighted by atomic mass is 19.4. The number of rotatable bonds is 3. The van der Waals surface area contributed by atoms with Crippen LogP contribution in [0.1, 0.15) is 38.9 Å². The number of methoxy groups -OCH3 is 1. The molecule has 9 heteroatoms. The summed E-state index contributed by atoms with van der Waals surface area (Å²) in [4.78, 5) is 26.8. The van der Waals surface area contributed by atoms with Gasteiger partial charge in [-0.25, -0.2) is 0 Å². The minimum atomic E-state index is -4.92. The lowest BCUT2D eigenvalue weighted by molar-refractivity contribution is -0.274. The molecule has 1 N–H and O–H groups in total. The Hall–Kier alpha value is -3.23. The number of nitrogens with one attached hydrogen (secondary N) is 1. The number of ketones is 1. The van der Waals surface area contributed by atoms with Gasteiger partial charge in [-0.3, -0.25) is 9.59 Å². The number of alkyl halides is 3. The standard InChI is InChI=1S/C19H15F3N2O4/c1-27-11-4-2-10(3-5-11)17-23-18(26)14-9-12(28-19(20,21)22)8-13-15(25)6-7-24(17)16(13)14/h2-5,8-9,17H,6-7H2,1H3,(H,23,26). The molecule has 2 aliphatic rings. The number of amides is 1. The van der Waals surface area contributed by atoms with E-state index in [0.29, 0.717) is 18.0 Å². The third-order valence-corrected chi connectivity index (χ3v) is 4.74. The van der Waals surface area contributed by atoms with Gasteiger partial charge in [-0.05, 0) is 29.8 Å². The van der Waals surface area contributed by atoms with Crippen molar-refractivity contribution in [3.8, 4) is 11.5 Å². The molecule has 2 aliphatic heterocycles. The molecule has 0 radical (unpaired) electrons. The van der Waals surface area contributed by atoms with Gasteiger partial charge in [-0.1, -0.05) is 12.1 Å². The molecule has 146 valence electrons. The van der Waals surface area contributed by atoms with Crippen LogP contribution in [0, 0.1) is 0 Å². The van der Waals surface area contributed by atoms with Crippen LogP contribution in [0.4, 0.5) is 18.9 Å². The van der Waals surface area contributed by atoms with Crippen LogP contribution in [0.5, 0.6) is 11.5 Å². The first-order chi connectivity index (χ1) is 13.3. The molecule has 2 heterocycles. The molecule has 2 aromatic rings. The first-order valence-corrected chi connectivity index (χ1v) is 8.45. The fraction of sp³-hybridized carbons (Fsp3) is 0.263. The van der Waals surface area contributed by atoms with Crippen molar-refractivity contribution in [3.05, 3.63) is 53.1 Å². The summed E-state index contributed by atoms with van der Waals surface area (Å²) < 4.78 is 46.9. The molecule has 0 aromatic heterocycles. The first-order valence-electron chi connectivity index (χ1n) is 8.45. The fourth-order valence-electron chi connectivity index (χ4n) is 3.55. The van der Waals surface area contributed by atoms with Crippen LogP contribution < -0.4 is 19.7 Å². The normalized spacial score (nSPS) is 18.4. The number of ether oxygens (including phenoxy) is 2. The van der Waals surface area contributed by atoms with Crippen molar-refractivity contribution < 1.29 is 32.2 Å². The summed E-state index contributed by atoms with van der Waals surface area (Å²) in [5.41, 5.74) is 1.12. The highest BCUT2D eigenvalue weighted by Crippen LogP contribution is 2.42. The Kier molecular flexibility index (Phi) is 4.17. The monoisotopic (exact) mass is 392 g/mol. The Balaban J connectivity index is 1.80. The smallest absolute Gasteiger partial charge is 0.497 e. The third kappa shape index (κ3) is 3.12. The lowest BCUT2D eigenvalue weighted by atomic mass is 9.92. The van der Waals surface area contributed by atoms with E-state index in [0.717, 1.165) is 17.7 Å². The van der Waals surface area contributed by atoms with E-state index in [-0.39, 0.29) is 23.3 Å². The predicted octanol–water partition coefficient (Wildman–Crippen LogP) is 3.43. The molecule has 0 fully saturated rings. The third-order valence-electron chi connectivity index (χ3n) is 4.74. The maximum Gasteiger partial charge on any atom is 0.573 e. The van der Waals surface area contributed by atoms with E-state index < -0.39 is 24.2 Å². The molecule has 0 aliphatic carbocycles. The predicted molar refractivity (Wildman–Crippen MR) is 92.6 cm³/mol. The number of halogens is 3. The zero-order chi connectivity index (χ0) is 20.1. The van der Waals surface area contributed by atoms with Crippen molar-refractivity contribution >= 4 is 17.4 Å². The Morgan fingerprint density at radius 1 is 1.07 bits per heavy atom. The summed E-state index contributed by atoms with van der Waals surface area (Å²) in [6.45, 7) is 0.329. The maximum atomic E-state index is 12.6. The van der Waals surface area contributed by atoms with Crippen LogP contribution in [0.15, 0.2) is 36.4 Å². The molecule has 1 unspecified atom stereocenters. The second kappa shape index (κ2) is 6.43. The second-order valence-electron chi connectivity index (χ2n) is 6.43. The SMILES string of the molecule is COc1ccc(C2NC(=O)c3cc(OC(F)(F)F)cc4c3N2CCC4=O)cc1. The quantitative estimate of drug-likeness (QED) is 0.867. The number of anilines is 1. The average Bonchev–Trinajstić information content (AvgIpc) is 2.65. The van der Waals surface area contributed by atoms with Gasteiger partial charge in [0, 0.05) is 18.5 Å². The van der Waals surface area contributed by atoms with Crippen LogP contribution >= 0.6 is 0 Å². The van der Waals surface area contributed by atoms with Gasteiger partial charge in [0.25, 0.3) is 5.91 Å². The van der Waals surface area contributed by atoms with E-state index in [2.05, 4.69) is 10.1 Å². The van der Waals surface area contributed by atoms with Gasteiger partial charge in [-0.15, -0.1) is 13.2 Å². The number of nitrogens with zero attached hydrogens (tertiary/aromatic N) is 1. The molecule has 6 nitrogen and oxygen atoms in total. The van der Waals surface area contributed by atoms with Crippen molar-refractivity contribution in [2.45, 2.75) is 18.9 Å². The van der Waals surface area contributed by atoms with E-state index in [1.165, 1.54) is 7.11 Å². The molecule has 4 rings (SSSR count). The van der Waals surface area contributed by atoms with Crippen LogP contribution in [-0.2, 0) is 0 Å². The molecule has 1 atom stereocenters. The van der Waals surface area contributed by atoms with E-state index in [1.54, 1.807) is 24.3 Å². The molecule has 0 bridgehead atoms. The zero-order valence-electron chi connectivity index (χ0n) is 14.7. The maximum absolute atomic E-state index is 12.6. The van der Waals surface area contributed by atoms with Gasteiger partial charge in [0.05, 0.1) is 18.4 Å². The van der Waals surface area contributed by atoms with Crippen LogP contribution in [0.2, 0.25) is 0 Å². The van der Waals surface area contributed by atoms with Crippen LogP contribution in [0.3, 0.4) is 0 Å². The number of carbonyl (C=O) groups excluding carboxylic acids is 2. The van der Waals surface area contributed by atoms with Crippen LogP contribution in [-0.4, -0.2) is 31.7 Å². The summed E-state index contributed by atoms with van der Waals surface area (Å²) in [5.74, 6) is -0.844. The highest BCUT2D eigenvalue weighted by molar-refractivity contribution is 6.12. The van der Waals surface area contributed by atoms with Crippen molar-refractivity contribution in [1.82, 2.24) is 5.32 Å². The van der Waals surface area contributed by atoms with Gasteiger partial charge in [0.15, 0.2) is 5.78 Å². The van der Waals surface area contributed by atoms with E-state index in [9.17, 15) is 22.8 Å². The molecular formula is C19H15F3N2O4. The number of hydrogen-bond donors (Lipinski definition) is 1. The van der Waals surface area contributed by atoms with Gasteiger partial charge in [-0.2, -0.15) is 0 Å². The van der Waals surface area contributed by atoms with Crippen molar-refractivity contribution in [3.63, 3.8) is 0 Å². The van der Waals surface area contributed by atoms with Gasteiger partial charge < -0.3 is 19.7 Å². The summed E-state index contributed by atoms with van der Waals surface area (Å²) in [6.07, 6.45) is -5.35. The summed E-state index contributed by atoms with van der Waals surface area (Å²) in [6, 6.07) is 9.11. The molecule has 2 aromatic carbocycles. The zero-order valence-corrected chi connectivity index (χ0v) is 14.7. The minimum Gasteiger partial charge on any atom is -0.497 e. The fourth-order valence-corrected chi connectivity index (χ4v) is 3.55. The van der Waals surface area contributed by atoms with Gasteiger partial charge in [0.2, 0.25) is 0 Å². The topological polar surface area (TPSA) is 67.9 Å². The van der Waals surface area contributed by atoms with Gasteiger partial charge in [0.1, 0.15) is 17.7 Å². The largest absolute Gasteiger partial charge is 0.573 e. The molecule has 0 saturated heterocycles. The number of benzene rings is 2. The highest BCUT2D eigenvalue weighted by Gasteiger charge is 2.40. The summed E-state index contributed by atoms with van der Waals surface area (Å²) in [7, 11) is 1.54. The van der Waals surface area contributed by atoms with Crippen molar-refractivity contribution in [2.24, 2.45) is 0 Å². The minimum absolute atomic E-state index is 0.0189. The van der Waals surface area contributed by atoms with Crippen molar-refractivity contribution in [1.29, 1.82) is 0 Å². The second-order valence-corrected chi connectivity index (χ2v) is 6.43. The average molecular weight is 392 g/mol. The lowest BCUT2D eigenvalue weighted by Crippen LogP contribution is -2.49. The first kappa shape index (κ1) is 18.1. The molecule has 1 amide bonds. The number of Topliss-reactive ketones (excluding diaryl/α,β-unsaturated/α-hetero) is 1. The van der Waals surface area contributed by atoms with E-state index >= 15 is 0 Å². The van der Waals surface area contributed by atoms with E-state index in [1.807, 2.05) is 4.90 Å². The summed E-state index contributed by atoms with van der Waals surface area (Å²) in [5, 5.41) is 2.79. The van der Waals surface area contributed by atoms with E-state index in [4.69, 9.17) is 4.74 Å². The van der Waals surface area contributed by atoms with Crippen molar-refractivity contribution in [2.75, 3.05) is 18.6 Å². The molecule has 28 heavy (non-hydrogen) atoms. The Morgan fingerprint density at radius 3 is 2.39 bits per heavy atom. The van der Waals surface area contributed by atoms with Crippen LogP contribution in [0.25, 0.3) is 0 Å². The molecule has 0 spiro atoms. The lowest BCUT2D eigenvalue weighted by Gasteiger charge is -2.42. The number of carbonyl (C=O) groups is 2.